The number of hydrogen-bond acceptors (Lipinski definition) is 6. The molecule has 0 aliphatic heterocycles. The number of nitro benzene ring substituents is 1. The van der Waals surface area contributed by atoms with E-state index in [9.17, 15) is 19.7 Å². The first-order valence-corrected chi connectivity index (χ1v) is 7.50. The smallest absolute Gasteiger partial charge is 0.280 e. The Labute approximate surface area is 130 Å². The van der Waals surface area contributed by atoms with Crippen LogP contribution >= 0.6 is 11.8 Å². The van der Waals surface area contributed by atoms with Gasteiger partial charge in [0.05, 0.1) is 15.4 Å². The van der Waals surface area contributed by atoms with Gasteiger partial charge < -0.3 is 0 Å². The average molecular weight is 319 g/mol. The summed E-state index contributed by atoms with van der Waals surface area (Å²) < 4.78 is 1.16. The number of rotatable bonds is 4. The monoisotopic (exact) mass is 319 g/mol. The van der Waals surface area contributed by atoms with E-state index in [1.807, 2.05) is 0 Å². The van der Waals surface area contributed by atoms with E-state index in [0.29, 0.717) is 16.2 Å². The Morgan fingerprint density at radius 2 is 1.91 bits per heavy atom. The van der Waals surface area contributed by atoms with Crippen molar-refractivity contribution in [1.29, 1.82) is 0 Å². The average Bonchev–Trinajstić information content (AvgIpc) is 2.49. The van der Waals surface area contributed by atoms with E-state index in [-0.39, 0.29) is 22.6 Å². The number of thioether (sulfide) groups is 1. The zero-order chi connectivity index (χ0) is 16.4. The van der Waals surface area contributed by atoms with E-state index in [4.69, 9.17) is 0 Å². The molecule has 0 bridgehead atoms. The molecule has 0 saturated heterocycles. The fraction of sp³-hybridized carbons (Fsp3) is 0.214. The summed E-state index contributed by atoms with van der Waals surface area (Å²) in [5, 5.41) is 14.9. The van der Waals surface area contributed by atoms with Gasteiger partial charge in [0.25, 0.3) is 11.2 Å². The number of carbonyl (C=O) groups is 1. The first-order chi connectivity index (χ1) is 10.4. The van der Waals surface area contributed by atoms with Gasteiger partial charge in [-0.25, -0.2) is 4.68 Å². The molecule has 0 saturated carbocycles. The van der Waals surface area contributed by atoms with Crippen LogP contribution in [0.25, 0.3) is 11.3 Å². The number of Topliss-reactive ketones (excluding diaryl/α,β-unsaturated/α-hetero) is 1. The van der Waals surface area contributed by atoms with Crippen molar-refractivity contribution in [1.82, 2.24) is 9.78 Å². The molecule has 0 aliphatic carbocycles. The number of non-ortho nitro benzene ring substituents is 1. The van der Waals surface area contributed by atoms with Crippen molar-refractivity contribution in [3.8, 4) is 11.3 Å². The Balaban J connectivity index is 2.74. The molecule has 1 aromatic carbocycles. The zero-order valence-corrected chi connectivity index (χ0v) is 13.0. The molecule has 1 aromatic heterocycles. The van der Waals surface area contributed by atoms with Crippen LogP contribution in [0.4, 0.5) is 5.69 Å². The van der Waals surface area contributed by atoms with Crippen LogP contribution in [0.5, 0.6) is 0 Å². The van der Waals surface area contributed by atoms with Gasteiger partial charge in [-0.3, -0.25) is 19.7 Å². The lowest BCUT2D eigenvalue weighted by Gasteiger charge is -2.11. The van der Waals surface area contributed by atoms with Gasteiger partial charge in [-0.15, -0.1) is 11.8 Å². The van der Waals surface area contributed by atoms with E-state index in [2.05, 4.69) is 5.10 Å². The number of benzene rings is 1. The number of ketones is 1. The van der Waals surface area contributed by atoms with Gasteiger partial charge >= 0.3 is 0 Å². The van der Waals surface area contributed by atoms with Gasteiger partial charge in [0.15, 0.2) is 5.78 Å². The maximum absolute atomic E-state index is 12.1. The van der Waals surface area contributed by atoms with Gasteiger partial charge in [0.2, 0.25) is 0 Å². The van der Waals surface area contributed by atoms with Crippen LogP contribution in [0, 0.1) is 10.1 Å². The van der Waals surface area contributed by atoms with Crippen LogP contribution in [-0.2, 0) is 7.05 Å². The lowest BCUT2D eigenvalue weighted by Crippen LogP contribution is -2.25. The summed E-state index contributed by atoms with van der Waals surface area (Å²) >= 11 is 1.18. The molecule has 0 atom stereocenters. The van der Waals surface area contributed by atoms with Crippen molar-refractivity contribution in [2.45, 2.75) is 11.8 Å². The van der Waals surface area contributed by atoms with E-state index in [1.54, 1.807) is 6.26 Å². The highest BCUT2D eigenvalue weighted by atomic mass is 32.2. The second-order valence-corrected chi connectivity index (χ2v) is 5.36. The molecule has 2 aromatic rings. The molecule has 22 heavy (non-hydrogen) atoms. The lowest BCUT2D eigenvalue weighted by molar-refractivity contribution is -0.384. The minimum absolute atomic E-state index is 0.0527. The van der Waals surface area contributed by atoms with Crippen LogP contribution < -0.4 is 5.56 Å². The third kappa shape index (κ3) is 2.77. The second kappa shape index (κ2) is 6.10. The fourth-order valence-electron chi connectivity index (χ4n) is 2.07. The van der Waals surface area contributed by atoms with Crippen LogP contribution in [0.3, 0.4) is 0 Å². The number of aromatic nitrogens is 2. The Morgan fingerprint density at radius 3 is 2.36 bits per heavy atom. The number of aryl methyl sites for hydroxylation is 1. The summed E-state index contributed by atoms with van der Waals surface area (Å²) in [7, 11) is 1.50. The molecule has 0 unspecified atom stereocenters. The van der Waals surface area contributed by atoms with Crippen LogP contribution in [0.1, 0.15) is 17.3 Å². The summed E-state index contributed by atoms with van der Waals surface area (Å²) in [5.41, 5.74) is 0.728. The number of nitro groups is 1. The SMILES string of the molecule is CSc1c(C(C)=O)c(-c2ccc([N+](=O)[O-])cc2)nn(C)c1=O. The Bertz CT molecular complexity index is 812. The summed E-state index contributed by atoms with van der Waals surface area (Å²) in [5.74, 6) is -0.275. The van der Waals surface area contributed by atoms with Crippen LogP contribution in [-0.4, -0.2) is 26.7 Å². The summed E-state index contributed by atoms with van der Waals surface area (Å²) in [4.78, 5) is 34.6. The molecule has 0 fully saturated rings. The van der Waals surface area contributed by atoms with Gasteiger partial charge in [0, 0.05) is 24.7 Å². The molecule has 2 rings (SSSR count). The standard InChI is InChI=1S/C14H13N3O4S/c1-8(18)11-12(15-16(2)14(19)13(11)22-3)9-4-6-10(7-5-9)17(20)21/h4-7H,1-3H3. The molecule has 0 aliphatic rings. The zero-order valence-electron chi connectivity index (χ0n) is 12.2. The number of hydrogen-bond donors (Lipinski definition) is 0. The largest absolute Gasteiger partial charge is 0.294 e. The Morgan fingerprint density at radius 1 is 1.32 bits per heavy atom. The van der Waals surface area contributed by atoms with Gasteiger partial charge in [-0.2, -0.15) is 5.10 Å². The highest BCUT2D eigenvalue weighted by Gasteiger charge is 2.20. The predicted molar refractivity (Wildman–Crippen MR) is 83.4 cm³/mol. The predicted octanol–water partition coefficient (Wildman–Crippen LogP) is 2.28. The molecule has 0 spiro atoms. The molecule has 0 radical (unpaired) electrons. The molecule has 0 N–H and O–H groups in total. The fourth-order valence-corrected chi connectivity index (χ4v) is 2.82. The lowest BCUT2D eigenvalue weighted by atomic mass is 10.0. The first-order valence-electron chi connectivity index (χ1n) is 6.28. The molecule has 1 heterocycles. The van der Waals surface area contributed by atoms with E-state index in [1.165, 1.54) is 50.0 Å². The quantitative estimate of drug-likeness (QED) is 0.371. The maximum atomic E-state index is 12.1. The van der Waals surface area contributed by atoms with Crippen molar-refractivity contribution in [2.75, 3.05) is 6.26 Å². The van der Waals surface area contributed by atoms with Gasteiger partial charge in [-0.1, -0.05) is 0 Å². The summed E-state index contributed by atoms with van der Waals surface area (Å²) in [6, 6.07) is 5.71. The first kappa shape index (κ1) is 15.9. The highest BCUT2D eigenvalue weighted by molar-refractivity contribution is 7.98. The molecule has 8 heteroatoms. The topological polar surface area (TPSA) is 95.1 Å². The van der Waals surface area contributed by atoms with Crippen molar-refractivity contribution in [3.05, 3.63) is 50.3 Å². The van der Waals surface area contributed by atoms with Crippen molar-refractivity contribution >= 4 is 23.2 Å². The maximum Gasteiger partial charge on any atom is 0.280 e. The molecule has 114 valence electrons. The summed E-state index contributed by atoms with van der Waals surface area (Å²) in [6.45, 7) is 1.37. The molecule has 0 amide bonds. The van der Waals surface area contributed by atoms with Gasteiger partial charge in [-0.05, 0) is 25.3 Å². The van der Waals surface area contributed by atoms with E-state index in [0.717, 1.165) is 4.68 Å². The minimum Gasteiger partial charge on any atom is -0.294 e. The third-order valence-electron chi connectivity index (χ3n) is 3.11. The second-order valence-electron chi connectivity index (χ2n) is 4.55. The normalized spacial score (nSPS) is 10.5. The third-order valence-corrected chi connectivity index (χ3v) is 3.90. The molecular weight excluding hydrogens is 306 g/mol. The summed E-state index contributed by atoms with van der Waals surface area (Å²) in [6.07, 6.45) is 1.71. The van der Waals surface area contributed by atoms with Crippen molar-refractivity contribution in [2.24, 2.45) is 7.05 Å². The Hall–Kier alpha value is -2.48. The molecule has 7 nitrogen and oxygen atoms in total. The van der Waals surface area contributed by atoms with Crippen LogP contribution in [0.2, 0.25) is 0 Å². The van der Waals surface area contributed by atoms with Crippen molar-refractivity contribution in [3.63, 3.8) is 0 Å². The van der Waals surface area contributed by atoms with E-state index < -0.39 is 4.92 Å². The van der Waals surface area contributed by atoms with Crippen LogP contribution in [0.15, 0.2) is 34.0 Å². The number of carbonyl (C=O) groups excluding carboxylic acids is 1. The minimum atomic E-state index is -0.503. The molecular formula is C14H13N3O4S. The van der Waals surface area contributed by atoms with Crippen molar-refractivity contribution < 1.29 is 9.72 Å². The Kier molecular flexibility index (Phi) is 4.41. The highest BCUT2D eigenvalue weighted by Crippen LogP contribution is 2.28. The van der Waals surface area contributed by atoms with E-state index >= 15 is 0 Å². The number of nitrogens with zero attached hydrogens (tertiary/aromatic N) is 3. The van der Waals surface area contributed by atoms with Gasteiger partial charge in [0.1, 0.15) is 5.69 Å².